The van der Waals surface area contributed by atoms with Crippen LogP contribution in [0.25, 0.3) is 0 Å². The summed E-state index contributed by atoms with van der Waals surface area (Å²) in [5, 5.41) is 8.87. The molecule has 0 saturated carbocycles. The average Bonchev–Trinajstić information content (AvgIpc) is 2.14. The van der Waals surface area contributed by atoms with E-state index in [1.165, 1.54) is 0 Å². The third kappa shape index (κ3) is 4.67. The zero-order chi connectivity index (χ0) is 12.2. The molecule has 1 rings (SSSR count). The van der Waals surface area contributed by atoms with Crippen LogP contribution in [-0.2, 0) is 16.6 Å². The first kappa shape index (κ1) is 13.7. The summed E-state index contributed by atoms with van der Waals surface area (Å²) in [7, 11) is -3.43. The van der Waals surface area contributed by atoms with E-state index in [4.69, 9.17) is 28.3 Å². The van der Waals surface area contributed by atoms with E-state index in [2.05, 4.69) is 5.32 Å². The first-order chi connectivity index (χ1) is 7.40. The second-order valence-electron chi connectivity index (χ2n) is 3.24. The van der Waals surface area contributed by atoms with Crippen LogP contribution in [0.2, 0.25) is 10.0 Å². The third-order valence-corrected chi connectivity index (χ3v) is 3.41. The van der Waals surface area contributed by atoms with E-state index in [1.54, 1.807) is 18.2 Å². The van der Waals surface area contributed by atoms with E-state index in [1.807, 2.05) is 0 Å². The molecular weight excluding hydrogens is 271 g/mol. The van der Waals surface area contributed by atoms with Crippen LogP contribution in [0.3, 0.4) is 0 Å². The number of primary sulfonamides is 1. The Morgan fingerprint density at radius 1 is 1.25 bits per heavy atom. The number of nitrogens with two attached hydrogens (primary N) is 1. The Hall–Kier alpha value is -0.330. The van der Waals surface area contributed by atoms with Gasteiger partial charge < -0.3 is 5.32 Å². The Kier molecular flexibility index (Phi) is 5.01. The van der Waals surface area contributed by atoms with Gasteiger partial charge in [0.1, 0.15) is 0 Å². The van der Waals surface area contributed by atoms with Crippen LogP contribution in [0.15, 0.2) is 18.2 Å². The van der Waals surface area contributed by atoms with Crippen LogP contribution in [0.1, 0.15) is 5.56 Å². The number of hydrogen-bond donors (Lipinski definition) is 2. The molecule has 0 heterocycles. The highest BCUT2D eigenvalue weighted by atomic mass is 35.5. The maximum absolute atomic E-state index is 10.7. The molecule has 0 aliphatic carbocycles. The van der Waals surface area contributed by atoms with Gasteiger partial charge in [-0.2, -0.15) is 0 Å². The quantitative estimate of drug-likeness (QED) is 0.802. The topological polar surface area (TPSA) is 72.2 Å². The van der Waals surface area contributed by atoms with Crippen molar-refractivity contribution in [3.8, 4) is 0 Å². The van der Waals surface area contributed by atoms with Crippen molar-refractivity contribution in [3.63, 3.8) is 0 Å². The molecule has 0 bridgehead atoms. The SMILES string of the molecule is NS(=O)(=O)CCNCc1c(Cl)cccc1Cl. The summed E-state index contributed by atoms with van der Waals surface area (Å²) in [6.07, 6.45) is 0. The zero-order valence-electron chi connectivity index (χ0n) is 8.41. The van der Waals surface area contributed by atoms with Crippen LogP contribution in [0.4, 0.5) is 0 Å². The lowest BCUT2D eigenvalue weighted by atomic mass is 10.2. The van der Waals surface area contributed by atoms with Gasteiger partial charge in [0.15, 0.2) is 0 Å². The second-order valence-corrected chi connectivity index (χ2v) is 5.79. The van der Waals surface area contributed by atoms with E-state index in [-0.39, 0.29) is 12.3 Å². The predicted octanol–water partition coefficient (Wildman–Crippen LogP) is 1.37. The molecule has 0 fully saturated rings. The van der Waals surface area contributed by atoms with E-state index >= 15 is 0 Å². The van der Waals surface area contributed by atoms with Crippen LogP contribution >= 0.6 is 23.2 Å². The average molecular weight is 283 g/mol. The fourth-order valence-electron chi connectivity index (χ4n) is 1.13. The summed E-state index contributed by atoms with van der Waals surface area (Å²) in [4.78, 5) is 0. The van der Waals surface area contributed by atoms with Gasteiger partial charge in [-0.15, -0.1) is 0 Å². The molecule has 0 aromatic heterocycles. The van der Waals surface area contributed by atoms with Crippen molar-refractivity contribution in [2.24, 2.45) is 5.14 Å². The van der Waals surface area contributed by atoms with Crippen LogP contribution in [0.5, 0.6) is 0 Å². The van der Waals surface area contributed by atoms with Crippen LogP contribution in [0, 0.1) is 0 Å². The first-order valence-electron chi connectivity index (χ1n) is 4.54. The molecule has 0 aliphatic rings. The van der Waals surface area contributed by atoms with Crippen molar-refractivity contribution in [3.05, 3.63) is 33.8 Å². The highest BCUT2D eigenvalue weighted by Crippen LogP contribution is 2.23. The Bertz CT molecular complexity index is 442. The molecule has 1 aromatic rings. The van der Waals surface area contributed by atoms with Gasteiger partial charge in [0, 0.05) is 28.7 Å². The minimum atomic E-state index is -3.43. The molecule has 0 unspecified atom stereocenters. The van der Waals surface area contributed by atoms with Gasteiger partial charge in [0.25, 0.3) is 0 Å². The molecule has 3 N–H and O–H groups in total. The predicted molar refractivity (Wildman–Crippen MR) is 66.1 cm³/mol. The lowest BCUT2D eigenvalue weighted by Gasteiger charge is -2.07. The molecular formula is C9H12Cl2N2O2S. The fourth-order valence-corrected chi connectivity index (χ4v) is 2.09. The van der Waals surface area contributed by atoms with Gasteiger partial charge in [0.2, 0.25) is 10.0 Å². The maximum atomic E-state index is 10.7. The maximum Gasteiger partial charge on any atom is 0.210 e. The molecule has 0 atom stereocenters. The van der Waals surface area contributed by atoms with Crippen LogP contribution in [-0.4, -0.2) is 20.7 Å². The summed E-state index contributed by atoms with van der Waals surface area (Å²) >= 11 is 11.9. The van der Waals surface area contributed by atoms with E-state index in [0.717, 1.165) is 5.56 Å². The van der Waals surface area contributed by atoms with E-state index in [0.29, 0.717) is 16.6 Å². The molecule has 4 nitrogen and oxygen atoms in total. The minimum absolute atomic E-state index is 0.116. The monoisotopic (exact) mass is 282 g/mol. The number of nitrogens with one attached hydrogen (secondary N) is 1. The highest BCUT2D eigenvalue weighted by Gasteiger charge is 2.06. The van der Waals surface area contributed by atoms with Crippen molar-refractivity contribution < 1.29 is 8.42 Å². The zero-order valence-corrected chi connectivity index (χ0v) is 10.7. The third-order valence-electron chi connectivity index (χ3n) is 1.93. The first-order valence-corrected chi connectivity index (χ1v) is 7.01. The molecule has 0 aliphatic heterocycles. The lowest BCUT2D eigenvalue weighted by Crippen LogP contribution is -2.26. The molecule has 1 aromatic carbocycles. The van der Waals surface area contributed by atoms with Crippen molar-refractivity contribution in [2.45, 2.75) is 6.54 Å². The standard InChI is InChI=1S/C9H12Cl2N2O2S/c10-8-2-1-3-9(11)7(8)6-13-4-5-16(12,14)15/h1-3,13H,4-6H2,(H2,12,14,15). The lowest BCUT2D eigenvalue weighted by molar-refractivity contribution is 0.592. The minimum Gasteiger partial charge on any atom is -0.312 e. The summed E-state index contributed by atoms with van der Waals surface area (Å²) in [6, 6.07) is 5.20. The number of halogens is 2. The molecule has 90 valence electrons. The van der Waals surface area contributed by atoms with Crippen molar-refractivity contribution >= 4 is 33.2 Å². The van der Waals surface area contributed by atoms with E-state index in [9.17, 15) is 8.42 Å². The number of hydrogen-bond acceptors (Lipinski definition) is 3. The van der Waals surface area contributed by atoms with Crippen molar-refractivity contribution in [1.82, 2.24) is 5.32 Å². The Labute approximate surface area is 105 Å². The Morgan fingerprint density at radius 3 is 2.31 bits per heavy atom. The summed E-state index contributed by atoms with van der Waals surface area (Å²) in [5.74, 6) is -0.116. The normalized spacial score (nSPS) is 11.7. The molecule has 0 spiro atoms. The largest absolute Gasteiger partial charge is 0.312 e. The van der Waals surface area contributed by atoms with Gasteiger partial charge >= 0.3 is 0 Å². The molecule has 16 heavy (non-hydrogen) atoms. The van der Waals surface area contributed by atoms with Crippen LogP contribution < -0.4 is 10.5 Å². The Balaban J connectivity index is 2.49. The number of sulfonamides is 1. The molecule has 0 saturated heterocycles. The van der Waals surface area contributed by atoms with Gasteiger partial charge in [-0.3, -0.25) is 0 Å². The van der Waals surface area contributed by atoms with Crippen molar-refractivity contribution in [2.75, 3.05) is 12.3 Å². The van der Waals surface area contributed by atoms with E-state index < -0.39 is 10.0 Å². The van der Waals surface area contributed by atoms with Crippen molar-refractivity contribution in [1.29, 1.82) is 0 Å². The summed E-state index contributed by atoms with van der Waals surface area (Å²) in [5.41, 5.74) is 0.750. The van der Waals surface area contributed by atoms with Gasteiger partial charge in [-0.25, -0.2) is 13.6 Å². The molecule has 7 heteroatoms. The van der Waals surface area contributed by atoms with Gasteiger partial charge in [-0.05, 0) is 12.1 Å². The molecule has 0 radical (unpaired) electrons. The summed E-state index contributed by atoms with van der Waals surface area (Å²) < 4.78 is 21.3. The Morgan fingerprint density at radius 2 is 1.81 bits per heavy atom. The number of benzene rings is 1. The second kappa shape index (κ2) is 5.84. The number of rotatable bonds is 5. The fraction of sp³-hybridized carbons (Fsp3) is 0.333. The highest BCUT2D eigenvalue weighted by molar-refractivity contribution is 7.89. The molecule has 0 amide bonds. The summed E-state index contributed by atoms with van der Waals surface area (Å²) in [6.45, 7) is 0.675. The van der Waals surface area contributed by atoms with Gasteiger partial charge in [0.05, 0.1) is 5.75 Å². The van der Waals surface area contributed by atoms with Gasteiger partial charge in [-0.1, -0.05) is 29.3 Å². The smallest absolute Gasteiger partial charge is 0.210 e.